The van der Waals surface area contributed by atoms with Crippen molar-refractivity contribution in [3.8, 4) is 0 Å². The van der Waals surface area contributed by atoms with E-state index in [-0.39, 0.29) is 17.3 Å². The first-order valence-electron chi connectivity index (χ1n) is 5.94. The van der Waals surface area contributed by atoms with E-state index in [4.69, 9.17) is 4.74 Å². The first-order valence-corrected chi connectivity index (χ1v) is 5.94. The zero-order valence-electron chi connectivity index (χ0n) is 10.6. The highest BCUT2D eigenvalue weighted by Crippen LogP contribution is 2.37. The van der Waals surface area contributed by atoms with Crippen LogP contribution in [-0.4, -0.2) is 26.2 Å². The molecule has 2 unspecified atom stereocenters. The standard InChI is InChI=1S/C14H19NO2/c1-10-6-4-5-7-11(10)14(2)9-15-8-12(14)13(16)17-3/h4-7,12,15H,8-9H2,1-3H3. The molecule has 0 amide bonds. The van der Waals surface area contributed by atoms with Gasteiger partial charge in [-0.1, -0.05) is 31.2 Å². The lowest BCUT2D eigenvalue weighted by molar-refractivity contribution is -0.146. The minimum Gasteiger partial charge on any atom is -0.469 e. The molecule has 0 bridgehead atoms. The summed E-state index contributed by atoms with van der Waals surface area (Å²) >= 11 is 0. The summed E-state index contributed by atoms with van der Waals surface area (Å²) in [7, 11) is 1.46. The lowest BCUT2D eigenvalue weighted by Gasteiger charge is -2.30. The van der Waals surface area contributed by atoms with Crippen LogP contribution in [0.1, 0.15) is 18.1 Å². The van der Waals surface area contributed by atoms with E-state index in [1.807, 2.05) is 12.1 Å². The molecule has 1 saturated heterocycles. The quantitative estimate of drug-likeness (QED) is 0.789. The largest absolute Gasteiger partial charge is 0.469 e. The lowest BCUT2D eigenvalue weighted by atomic mass is 9.72. The molecular formula is C14H19NO2. The van der Waals surface area contributed by atoms with Crippen molar-refractivity contribution < 1.29 is 9.53 Å². The van der Waals surface area contributed by atoms with Crippen LogP contribution in [0.15, 0.2) is 24.3 Å². The highest BCUT2D eigenvalue weighted by molar-refractivity contribution is 5.75. The van der Waals surface area contributed by atoms with Crippen molar-refractivity contribution >= 4 is 5.97 Å². The summed E-state index contributed by atoms with van der Waals surface area (Å²) in [5.41, 5.74) is 2.30. The lowest BCUT2D eigenvalue weighted by Crippen LogP contribution is -2.37. The summed E-state index contributed by atoms with van der Waals surface area (Å²) in [5, 5.41) is 3.30. The minimum absolute atomic E-state index is 0.103. The second-order valence-corrected chi connectivity index (χ2v) is 4.94. The normalized spacial score (nSPS) is 28.1. The number of hydrogen-bond acceptors (Lipinski definition) is 3. The SMILES string of the molecule is COC(=O)C1CNCC1(C)c1ccccc1C. The summed E-state index contributed by atoms with van der Waals surface area (Å²) in [4.78, 5) is 11.9. The van der Waals surface area contributed by atoms with E-state index in [1.54, 1.807) is 0 Å². The number of hydrogen-bond donors (Lipinski definition) is 1. The van der Waals surface area contributed by atoms with Gasteiger partial charge in [-0.2, -0.15) is 0 Å². The first kappa shape index (κ1) is 12.1. The molecule has 3 heteroatoms. The van der Waals surface area contributed by atoms with Gasteiger partial charge in [-0.25, -0.2) is 0 Å². The molecule has 3 nitrogen and oxygen atoms in total. The summed E-state index contributed by atoms with van der Waals surface area (Å²) in [6.45, 7) is 5.74. The van der Waals surface area contributed by atoms with Crippen LogP contribution >= 0.6 is 0 Å². The van der Waals surface area contributed by atoms with Gasteiger partial charge in [0.1, 0.15) is 0 Å². The van der Waals surface area contributed by atoms with Crippen molar-refractivity contribution in [2.24, 2.45) is 5.92 Å². The van der Waals surface area contributed by atoms with Gasteiger partial charge in [0.05, 0.1) is 13.0 Å². The Morgan fingerprint density at radius 3 is 2.82 bits per heavy atom. The highest BCUT2D eigenvalue weighted by atomic mass is 16.5. The number of esters is 1. The molecule has 1 fully saturated rings. The van der Waals surface area contributed by atoms with Gasteiger partial charge in [0.15, 0.2) is 0 Å². The van der Waals surface area contributed by atoms with Crippen LogP contribution in [0.5, 0.6) is 0 Å². The van der Waals surface area contributed by atoms with Crippen molar-refractivity contribution in [1.29, 1.82) is 0 Å². The number of aryl methyl sites for hydroxylation is 1. The molecule has 2 atom stereocenters. The molecule has 0 saturated carbocycles. The Morgan fingerprint density at radius 2 is 2.18 bits per heavy atom. The zero-order valence-corrected chi connectivity index (χ0v) is 10.6. The van der Waals surface area contributed by atoms with E-state index in [2.05, 4.69) is 31.3 Å². The molecule has 0 aromatic heterocycles. The van der Waals surface area contributed by atoms with Crippen LogP contribution in [0, 0.1) is 12.8 Å². The van der Waals surface area contributed by atoms with E-state index < -0.39 is 0 Å². The van der Waals surface area contributed by atoms with Gasteiger partial charge in [0.25, 0.3) is 0 Å². The molecule has 1 aliphatic heterocycles. The Hall–Kier alpha value is -1.35. The second kappa shape index (κ2) is 4.49. The van der Waals surface area contributed by atoms with Crippen LogP contribution in [0.4, 0.5) is 0 Å². The number of carbonyl (C=O) groups excluding carboxylic acids is 1. The fourth-order valence-corrected chi connectivity index (χ4v) is 2.81. The van der Waals surface area contributed by atoms with Gasteiger partial charge in [0.2, 0.25) is 0 Å². The average Bonchev–Trinajstić information content (AvgIpc) is 2.72. The molecule has 17 heavy (non-hydrogen) atoms. The van der Waals surface area contributed by atoms with Gasteiger partial charge in [0, 0.05) is 18.5 Å². The number of rotatable bonds is 2. The highest BCUT2D eigenvalue weighted by Gasteiger charge is 2.45. The number of benzene rings is 1. The molecule has 92 valence electrons. The number of nitrogens with one attached hydrogen (secondary N) is 1. The third-order valence-electron chi connectivity index (χ3n) is 3.86. The molecule has 2 rings (SSSR count). The smallest absolute Gasteiger partial charge is 0.310 e. The van der Waals surface area contributed by atoms with Gasteiger partial charge in [-0.05, 0) is 18.1 Å². The summed E-state index contributed by atoms with van der Waals surface area (Å²) in [6, 6.07) is 8.25. The van der Waals surface area contributed by atoms with Crippen molar-refractivity contribution in [2.45, 2.75) is 19.3 Å². The maximum absolute atomic E-state index is 11.9. The zero-order chi connectivity index (χ0) is 12.5. The predicted octanol–water partition coefficient (Wildman–Crippen LogP) is 1.65. The van der Waals surface area contributed by atoms with Crippen LogP contribution in [0.2, 0.25) is 0 Å². The van der Waals surface area contributed by atoms with E-state index in [9.17, 15) is 4.79 Å². The molecule has 0 aliphatic carbocycles. The molecule has 1 aliphatic rings. The van der Waals surface area contributed by atoms with Crippen molar-refractivity contribution in [3.63, 3.8) is 0 Å². The van der Waals surface area contributed by atoms with Gasteiger partial charge < -0.3 is 10.1 Å². The van der Waals surface area contributed by atoms with Crippen LogP contribution in [0.3, 0.4) is 0 Å². The fourth-order valence-electron chi connectivity index (χ4n) is 2.81. The number of carbonyl (C=O) groups is 1. The monoisotopic (exact) mass is 233 g/mol. The number of methoxy groups -OCH3 is 1. The van der Waals surface area contributed by atoms with Crippen LogP contribution < -0.4 is 5.32 Å². The minimum atomic E-state index is -0.168. The Balaban J connectivity index is 2.41. The predicted molar refractivity (Wildman–Crippen MR) is 66.9 cm³/mol. The first-order chi connectivity index (χ1) is 8.09. The molecule has 1 N–H and O–H groups in total. The Bertz CT molecular complexity index is 430. The Kier molecular flexibility index (Phi) is 3.20. The Morgan fingerprint density at radius 1 is 1.47 bits per heavy atom. The fraction of sp³-hybridized carbons (Fsp3) is 0.500. The summed E-state index contributed by atoms with van der Waals surface area (Å²) < 4.78 is 4.91. The van der Waals surface area contributed by atoms with Crippen molar-refractivity contribution in [2.75, 3.05) is 20.2 Å². The van der Waals surface area contributed by atoms with E-state index >= 15 is 0 Å². The van der Waals surface area contributed by atoms with Gasteiger partial charge >= 0.3 is 5.97 Å². The van der Waals surface area contributed by atoms with E-state index in [0.29, 0.717) is 6.54 Å². The third kappa shape index (κ3) is 1.95. The van der Waals surface area contributed by atoms with Crippen molar-refractivity contribution in [3.05, 3.63) is 35.4 Å². The maximum Gasteiger partial charge on any atom is 0.310 e. The third-order valence-corrected chi connectivity index (χ3v) is 3.86. The van der Waals surface area contributed by atoms with Crippen molar-refractivity contribution in [1.82, 2.24) is 5.32 Å². The average molecular weight is 233 g/mol. The molecule has 1 aromatic rings. The molecule has 0 spiro atoms. The van der Waals surface area contributed by atoms with Gasteiger partial charge in [-0.15, -0.1) is 0 Å². The molecule has 0 radical (unpaired) electrons. The summed E-state index contributed by atoms with van der Waals surface area (Å²) in [5.74, 6) is -0.227. The van der Waals surface area contributed by atoms with E-state index in [0.717, 1.165) is 6.54 Å². The topological polar surface area (TPSA) is 38.3 Å². The van der Waals surface area contributed by atoms with Crippen LogP contribution in [0.25, 0.3) is 0 Å². The summed E-state index contributed by atoms with van der Waals surface area (Å²) in [6.07, 6.45) is 0. The van der Waals surface area contributed by atoms with E-state index in [1.165, 1.54) is 18.2 Å². The maximum atomic E-state index is 11.9. The Labute approximate surface area is 102 Å². The molecule has 1 heterocycles. The molecule has 1 aromatic carbocycles. The molecular weight excluding hydrogens is 214 g/mol. The second-order valence-electron chi connectivity index (χ2n) is 4.94. The number of ether oxygens (including phenoxy) is 1. The van der Waals surface area contributed by atoms with Crippen LogP contribution in [-0.2, 0) is 14.9 Å². The van der Waals surface area contributed by atoms with Gasteiger partial charge in [-0.3, -0.25) is 4.79 Å².